The summed E-state index contributed by atoms with van der Waals surface area (Å²) in [5.41, 5.74) is 0.554. The zero-order chi connectivity index (χ0) is 21.0. The smallest absolute Gasteiger partial charge is 0.262 e. The van der Waals surface area contributed by atoms with Gasteiger partial charge in [-0.2, -0.15) is 0 Å². The Morgan fingerprint density at radius 1 is 0.966 bits per heavy atom. The SMILES string of the molecule is CN(Cc1cccc(F)c1)C(=O)c1cccc(S(=O)(=O)Nc2ccccc2F)c1. The molecule has 3 aromatic carbocycles. The van der Waals surface area contributed by atoms with Crippen LogP contribution in [0.3, 0.4) is 0 Å². The Morgan fingerprint density at radius 2 is 1.69 bits per heavy atom. The molecule has 0 aliphatic carbocycles. The topological polar surface area (TPSA) is 66.5 Å². The molecule has 0 bridgehead atoms. The number of sulfonamides is 1. The van der Waals surface area contributed by atoms with E-state index in [0.717, 1.165) is 6.07 Å². The van der Waals surface area contributed by atoms with Crippen molar-refractivity contribution in [2.45, 2.75) is 11.4 Å². The summed E-state index contributed by atoms with van der Waals surface area (Å²) in [7, 11) is -2.56. The molecule has 150 valence electrons. The molecule has 0 saturated carbocycles. The minimum Gasteiger partial charge on any atom is -0.337 e. The van der Waals surface area contributed by atoms with Gasteiger partial charge in [-0.15, -0.1) is 0 Å². The van der Waals surface area contributed by atoms with Crippen LogP contribution in [0.5, 0.6) is 0 Å². The number of anilines is 1. The third-order valence-corrected chi connectivity index (χ3v) is 5.53. The van der Waals surface area contributed by atoms with Gasteiger partial charge in [0.15, 0.2) is 0 Å². The van der Waals surface area contributed by atoms with Crippen molar-refractivity contribution >= 4 is 21.6 Å². The molecule has 0 unspecified atom stereocenters. The summed E-state index contributed by atoms with van der Waals surface area (Å²) >= 11 is 0. The fourth-order valence-electron chi connectivity index (χ4n) is 2.75. The third-order valence-electron chi connectivity index (χ3n) is 4.16. The van der Waals surface area contributed by atoms with Crippen molar-refractivity contribution in [2.75, 3.05) is 11.8 Å². The predicted octanol–water partition coefficient (Wildman–Crippen LogP) is 4.04. The van der Waals surface area contributed by atoms with Gasteiger partial charge in [-0.25, -0.2) is 17.2 Å². The molecule has 1 amide bonds. The van der Waals surface area contributed by atoms with Gasteiger partial charge in [0.1, 0.15) is 11.6 Å². The lowest BCUT2D eigenvalue weighted by atomic mass is 10.1. The first-order chi connectivity index (χ1) is 13.8. The van der Waals surface area contributed by atoms with Crippen LogP contribution in [0.15, 0.2) is 77.7 Å². The van der Waals surface area contributed by atoms with E-state index in [4.69, 9.17) is 0 Å². The summed E-state index contributed by atoms with van der Waals surface area (Å²) in [6.07, 6.45) is 0. The van der Waals surface area contributed by atoms with Crippen molar-refractivity contribution < 1.29 is 22.0 Å². The summed E-state index contributed by atoms with van der Waals surface area (Å²) in [6, 6.07) is 16.7. The Bertz CT molecular complexity index is 1150. The number of amides is 1. The number of rotatable bonds is 6. The predicted molar refractivity (Wildman–Crippen MR) is 106 cm³/mol. The number of benzene rings is 3. The summed E-state index contributed by atoms with van der Waals surface area (Å²) in [5, 5.41) is 0. The van der Waals surface area contributed by atoms with Gasteiger partial charge in [0, 0.05) is 19.2 Å². The van der Waals surface area contributed by atoms with E-state index in [0.29, 0.717) is 5.56 Å². The van der Waals surface area contributed by atoms with Crippen LogP contribution in [0.4, 0.5) is 14.5 Å². The molecule has 0 fully saturated rings. The van der Waals surface area contributed by atoms with Crippen molar-refractivity contribution in [3.63, 3.8) is 0 Å². The molecule has 3 rings (SSSR count). The second-order valence-electron chi connectivity index (χ2n) is 6.40. The quantitative estimate of drug-likeness (QED) is 0.660. The highest BCUT2D eigenvalue weighted by Gasteiger charge is 2.19. The van der Waals surface area contributed by atoms with Crippen LogP contribution in [0.2, 0.25) is 0 Å². The normalized spacial score (nSPS) is 11.1. The minimum absolute atomic E-state index is 0.139. The Morgan fingerprint density at radius 3 is 2.41 bits per heavy atom. The van der Waals surface area contributed by atoms with Gasteiger partial charge in [0.25, 0.3) is 15.9 Å². The number of carbonyl (C=O) groups excluding carboxylic acids is 1. The van der Waals surface area contributed by atoms with E-state index in [9.17, 15) is 22.0 Å². The van der Waals surface area contributed by atoms with E-state index in [2.05, 4.69) is 4.72 Å². The van der Waals surface area contributed by atoms with Crippen molar-refractivity contribution in [1.82, 2.24) is 4.90 Å². The lowest BCUT2D eigenvalue weighted by Crippen LogP contribution is -2.26. The van der Waals surface area contributed by atoms with Crippen LogP contribution < -0.4 is 4.72 Å². The lowest BCUT2D eigenvalue weighted by Gasteiger charge is -2.18. The molecule has 3 aromatic rings. The first kappa shape index (κ1) is 20.5. The van der Waals surface area contributed by atoms with Gasteiger partial charge in [-0.05, 0) is 48.0 Å². The lowest BCUT2D eigenvalue weighted by molar-refractivity contribution is 0.0784. The molecule has 0 spiro atoms. The number of nitrogens with one attached hydrogen (secondary N) is 1. The largest absolute Gasteiger partial charge is 0.337 e. The highest BCUT2D eigenvalue weighted by atomic mass is 32.2. The second kappa shape index (κ2) is 8.40. The van der Waals surface area contributed by atoms with Gasteiger partial charge < -0.3 is 4.90 Å². The number of para-hydroxylation sites is 1. The van der Waals surface area contributed by atoms with Gasteiger partial charge >= 0.3 is 0 Å². The molecule has 29 heavy (non-hydrogen) atoms. The third kappa shape index (κ3) is 4.97. The Balaban J connectivity index is 1.81. The van der Waals surface area contributed by atoms with Crippen molar-refractivity contribution in [1.29, 1.82) is 0 Å². The summed E-state index contributed by atoms with van der Waals surface area (Å²) < 4.78 is 54.4. The molecular formula is C21H18F2N2O3S. The van der Waals surface area contributed by atoms with Crippen LogP contribution >= 0.6 is 0 Å². The summed E-state index contributed by atoms with van der Waals surface area (Å²) in [6.45, 7) is 0.154. The van der Waals surface area contributed by atoms with E-state index in [1.54, 1.807) is 12.1 Å². The molecule has 8 heteroatoms. The van der Waals surface area contributed by atoms with Gasteiger partial charge in [-0.1, -0.05) is 30.3 Å². The highest BCUT2D eigenvalue weighted by Crippen LogP contribution is 2.20. The Labute approximate surface area is 167 Å². The molecule has 0 aliphatic heterocycles. The molecule has 0 saturated heterocycles. The minimum atomic E-state index is -4.09. The molecule has 0 aliphatic rings. The number of nitrogens with zero attached hydrogens (tertiary/aromatic N) is 1. The average molecular weight is 416 g/mol. The van der Waals surface area contributed by atoms with Crippen molar-refractivity contribution in [2.24, 2.45) is 0 Å². The maximum absolute atomic E-state index is 13.8. The zero-order valence-corrected chi connectivity index (χ0v) is 16.3. The van der Waals surface area contributed by atoms with E-state index < -0.39 is 27.6 Å². The Kier molecular flexibility index (Phi) is 5.93. The number of hydrogen-bond donors (Lipinski definition) is 1. The van der Waals surface area contributed by atoms with Crippen LogP contribution in [-0.2, 0) is 16.6 Å². The van der Waals surface area contributed by atoms with Crippen LogP contribution in [0, 0.1) is 11.6 Å². The van der Waals surface area contributed by atoms with Gasteiger partial charge in [0.2, 0.25) is 0 Å². The Hall–Kier alpha value is -3.26. The molecule has 0 aromatic heterocycles. The molecule has 1 N–H and O–H groups in total. The van der Waals surface area contributed by atoms with E-state index in [1.807, 2.05) is 0 Å². The van der Waals surface area contributed by atoms with Crippen molar-refractivity contribution in [3.8, 4) is 0 Å². The standard InChI is InChI=1S/C21H18F2N2O3S/c1-25(14-15-6-4-8-17(22)12-15)21(26)16-7-5-9-18(13-16)29(27,28)24-20-11-3-2-10-19(20)23/h2-13,24H,14H2,1H3. The van der Waals surface area contributed by atoms with Crippen molar-refractivity contribution in [3.05, 3.63) is 95.6 Å². The fourth-order valence-corrected chi connectivity index (χ4v) is 3.86. The van der Waals surface area contributed by atoms with Crippen LogP contribution in [0.25, 0.3) is 0 Å². The molecule has 0 atom stereocenters. The van der Waals surface area contributed by atoms with Gasteiger partial charge in [0.05, 0.1) is 10.6 Å². The fraction of sp³-hybridized carbons (Fsp3) is 0.0952. The van der Waals surface area contributed by atoms with Crippen LogP contribution in [-0.4, -0.2) is 26.3 Å². The van der Waals surface area contributed by atoms with E-state index in [1.165, 1.54) is 66.5 Å². The van der Waals surface area contributed by atoms with Gasteiger partial charge in [-0.3, -0.25) is 9.52 Å². The summed E-state index contributed by atoms with van der Waals surface area (Å²) in [5.74, 6) is -1.55. The number of halogens is 2. The maximum Gasteiger partial charge on any atom is 0.262 e. The highest BCUT2D eigenvalue weighted by molar-refractivity contribution is 7.92. The first-order valence-corrected chi connectivity index (χ1v) is 10.1. The monoisotopic (exact) mass is 416 g/mol. The van der Waals surface area contributed by atoms with Crippen LogP contribution in [0.1, 0.15) is 15.9 Å². The molecule has 0 heterocycles. The summed E-state index contributed by atoms with van der Waals surface area (Å²) in [4.78, 5) is 13.9. The van der Waals surface area contributed by atoms with E-state index in [-0.39, 0.29) is 22.7 Å². The zero-order valence-electron chi connectivity index (χ0n) is 15.5. The molecule has 5 nitrogen and oxygen atoms in total. The second-order valence-corrected chi connectivity index (χ2v) is 8.09. The maximum atomic E-state index is 13.8. The average Bonchev–Trinajstić information content (AvgIpc) is 2.69. The van der Waals surface area contributed by atoms with E-state index >= 15 is 0 Å². The first-order valence-electron chi connectivity index (χ1n) is 8.63. The number of carbonyl (C=O) groups is 1. The molecule has 0 radical (unpaired) electrons. The number of hydrogen-bond acceptors (Lipinski definition) is 3. The molecular weight excluding hydrogens is 398 g/mol.